The van der Waals surface area contributed by atoms with Gasteiger partial charge in [0.05, 0.1) is 0 Å². The molecule has 0 radical (unpaired) electrons. The van der Waals surface area contributed by atoms with Crippen LogP contribution in [0.15, 0.2) is 53.8 Å². The number of aliphatic hydroxyl groups is 1. The highest BCUT2D eigenvalue weighted by molar-refractivity contribution is 6.30. The first-order chi connectivity index (χ1) is 12.7. The maximum Gasteiger partial charge on any atom is 0.227 e. The lowest BCUT2D eigenvalue weighted by molar-refractivity contribution is -0.0426. The molecule has 0 bridgehead atoms. The van der Waals surface area contributed by atoms with Gasteiger partial charge in [-0.2, -0.15) is 5.10 Å². The van der Waals surface area contributed by atoms with Gasteiger partial charge in [0.1, 0.15) is 0 Å². The number of piperazine rings is 1. The van der Waals surface area contributed by atoms with E-state index in [0.717, 1.165) is 56.5 Å². The summed E-state index contributed by atoms with van der Waals surface area (Å²) in [6.45, 7) is 5.87. The summed E-state index contributed by atoms with van der Waals surface area (Å²) in [4.78, 5) is 6.64. The van der Waals surface area contributed by atoms with Gasteiger partial charge in [-0.15, -0.1) is 0 Å². The number of rotatable bonds is 5. The van der Waals surface area contributed by atoms with Crippen LogP contribution >= 0.6 is 11.6 Å². The molecule has 3 heterocycles. The average molecular weight is 374 g/mol. The minimum Gasteiger partial charge on any atom is -0.369 e. The topological polar surface area (TPSA) is 45.6 Å². The zero-order valence-corrected chi connectivity index (χ0v) is 15.5. The number of allylic oxidation sites excluding steroid dienone is 2. The van der Waals surface area contributed by atoms with Crippen LogP contribution < -0.4 is 4.90 Å². The molecule has 0 aliphatic carbocycles. The summed E-state index contributed by atoms with van der Waals surface area (Å²) < 4.78 is 0. The van der Waals surface area contributed by atoms with Crippen LogP contribution in [0.3, 0.4) is 0 Å². The summed E-state index contributed by atoms with van der Waals surface area (Å²) >= 11 is 6.10. The molecule has 0 saturated carbocycles. The van der Waals surface area contributed by atoms with Gasteiger partial charge >= 0.3 is 0 Å². The molecule has 0 amide bonds. The lowest BCUT2D eigenvalue weighted by Gasteiger charge is -2.36. The van der Waals surface area contributed by atoms with Crippen molar-refractivity contribution >= 4 is 23.1 Å². The van der Waals surface area contributed by atoms with E-state index in [4.69, 9.17) is 11.6 Å². The van der Waals surface area contributed by atoms with Crippen molar-refractivity contribution < 1.29 is 5.11 Å². The molecule has 0 aromatic heterocycles. The molecule has 6 nitrogen and oxygen atoms in total. The monoisotopic (exact) mass is 373 g/mol. The van der Waals surface area contributed by atoms with Gasteiger partial charge in [-0.3, -0.25) is 9.80 Å². The molecule has 138 valence electrons. The highest BCUT2D eigenvalue weighted by atomic mass is 35.5. The average Bonchev–Trinajstić information content (AvgIpc) is 2.99. The molecule has 1 N–H and O–H groups in total. The normalized spacial score (nSPS) is 22.8. The van der Waals surface area contributed by atoms with Crippen LogP contribution in [-0.2, 0) is 0 Å². The number of hydrogen-bond acceptors (Lipinski definition) is 6. The number of halogens is 1. The van der Waals surface area contributed by atoms with Crippen LogP contribution in [0.1, 0.15) is 6.42 Å². The third kappa shape index (κ3) is 3.72. The van der Waals surface area contributed by atoms with E-state index in [9.17, 15) is 5.11 Å². The van der Waals surface area contributed by atoms with Crippen molar-refractivity contribution in [3.05, 3.63) is 53.7 Å². The Morgan fingerprint density at radius 2 is 1.96 bits per heavy atom. The SMILES string of the molecule is OC1N(CCCN2CCN(c3cccc(Cl)c3)CC2)N=C2C=CC=CN21. The number of fused-ring (bicyclic) bond motifs is 1. The molecular weight excluding hydrogens is 350 g/mol. The van der Waals surface area contributed by atoms with E-state index < -0.39 is 6.35 Å². The number of anilines is 1. The molecule has 26 heavy (non-hydrogen) atoms. The number of benzene rings is 1. The Bertz CT molecular complexity index is 726. The minimum atomic E-state index is -0.689. The van der Waals surface area contributed by atoms with Gasteiger partial charge in [0.15, 0.2) is 5.84 Å². The molecule has 1 aromatic rings. The van der Waals surface area contributed by atoms with E-state index in [0.29, 0.717) is 0 Å². The Kier molecular flexibility index (Phi) is 5.15. The first-order valence-corrected chi connectivity index (χ1v) is 9.48. The van der Waals surface area contributed by atoms with Crippen LogP contribution in [0.25, 0.3) is 0 Å². The Morgan fingerprint density at radius 1 is 1.12 bits per heavy atom. The number of aliphatic hydroxyl groups excluding tert-OH is 1. The molecule has 3 aliphatic rings. The van der Waals surface area contributed by atoms with Crippen molar-refractivity contribution in [1.29, 1.82) is 0 Å². The van der Waals surface area contributed by atoms with Crippen LogP contribution in [0.2, 0.25) is 5.02 Å². The van der Waals surface area contributed by atoms with Crippen LogP contribution in [0, 0.1) is 0 Å². The lowest BCUT2D eigenvalue weighted by Crippen LogP contribution is -2.47. The van der Waals surface area contributed by atoms with Gasteiger partial charge < -0.3 is 10.0 Å². The quantitative estimate of drug-likeness (QED) is 0.856. The fourth-order valence-electron chi connectivity index (χ4n) is 3.58. The maximum absolute atomic E-state index is 10.3. The Hall–Kier alpha value is -2.02. The number of nitrogens with zero attached hydrogens (tertiary/aromatic N) is 5. The van der Waals surface area contributed by atoms with Gasteiger partial charge in [0.25, 0.3) is 0 Å². The molecule has 0 spiro atoms. The molecule has 3 aliphatic heterocycles. The first kappa shape index (κ1) is 17.4. The molecule has 1 fully saturated rings. The Labute approximate surface area is 159 Å². The molecule has 1 saturated heterocycles. The summed E-state index contributed by atoms with van der Waals surface area (Å²) in [6.07, 6.45) is 7.91. The van der Waals surface area contributed by atoms with E-state index in [1.165, 1.54) is 5.69 Å². The molecule has 4 rings (SSSR count). The number of hydrogen-bond donors (Lipinski definition) is 1. The molecule has 1 aromatic carbocycles. The van der Waals surface area contributed by atoms with Gasteiger partial charge in [0, 0.05) is 56.2 Å². The summed E-state index contributed by atoms with van der Waals surface area (Å²) in [5, 5.41) is 17.4. The fourth-order valence-corrected chi connectivity index (χ4v) is 3.76. The zero-order chi connectivity index (χ0) is 17.9. The van der Waals surface area contributed by atoms with E-state index in [-0.39, 0.29) is 0 Å². The standard InChI is InChI=1S/C19H24ClN5O/c20-16-5-3-6-17(15-16)23-13-11-22(12-14-23)8-4-10-25-19(26)24-9-2-1-7-18(24)21-25/h1-3,5-7,9,15,19,26H,4,8,10-14H2. The van der Waals surface area contributed by atoms with Crippen molar-refractivity contribution in [2.75, 3.05) is 44.2 Å². The fraction of sp³-hybridized carbons (Fsp3) is 0.421. The summed E-state index contributed by atoms with van der Waals surface area (Å²) in [5.74, 6) is 0.801. The van der Waals surface area contributed by atoms with Gasteiger partial charge in [-0.05, 0) is 36.8 Å². The summed E-state index contributed by atoms with van der Waals surface area (Å²) in [5.41, 5.74) is 1.20. The molecule has 1 atom stereocenters. The molecular formula is C19H24ClN5O. The highest BCUT2D eigenvalue weighted by Crippen LogP contribution is 2.21. The zero-order valence-electron chi connectivity index (χ0n) is 14.7. The smallest absolute Gasteiger partial charge is 0.227 e. The van der Waals surface area contributed by atoms with Crippen molar-refractivity contribution in [3.63, 3.8) is 0 Å². The summed E-state index contributed by atoms with van der Waals surface area (Å²) in [6, 6.07) is 8.07. The highest BCUT2D eigenvalue weighted by Gasteiger charge is 2.30. The second-order valence-electron chi connectivity index (χ2n) is 6.74. The third-order valence-electron chi connectivity index (χ3n) is 5.02. The van der Waals surface area contributed by atoms with E-state index in [2.05, 4.69) is 21.0 Å². The van der Waals surface area contributed by atoms with Crippen LogP contribution in [-0.4, -0.2) is 71.4 Å². The van der Waals surface area contributed by atoms with Crippen LogP contribution in [0.5, 0.6) is 0 Å². The maximum atomic E-state index is 10.3. The van der Waals surface area contributed by atoms with Crippen molar-refractivity contribution in [1.82, 2.24) is 14.8 Å². The summed E-state index contributed by atoms with van der Waals surface area (Å²) in [7, 11) is 0. The second-order valence-corrected chi connectivity index (χ2v) is 7.17. The van der Waals surface area contributed by atoms with E-state index in [1.807, 2.05) is 42.6 Å². The van der Waals surface area contributed by atoms with Crippen molar-refractivity contribution in [2.24, 2.45) is 5.10 Å². The van der Waals surface area contributed by atoms with E-state index >= 15 is 0 Å². The minimum absolute atomic E-state index is 0.689. The van der Waals surface area contributed by atoms with Gasteiger partial charge in [-0.25, -0.2) is 5.01 Å². The van der Waals surface area contributed by atoms with Gasteiger partial charge in [-0.1, -0.05) is 23.7 Å². The van der Waals surface area contributed by atoms with E-state index in [1.54, 1.807) is 9.91 Å². The van der Waals surface area contributed by atoms with Gasteiger partial charge in [0.2, 0.25) is 6.35 Å². The second kappa shape index (κ2) is 7.70. The number of hydrazone groups is 1. The third-order valence-corrected chi connectivity index (χ3v) is 5.26. The first-order valence-electron chi connectivity index (χ1n) is 9.10. The Morgan fingerprint density at radius 3 is 2.73 bits per heavy atom. The lowest BCUT2D eigenvalue weighted by atomic mass is 10.2. The van der Waals surface area contributed by atoms with Crippen molar-refractivity contribution in [3.8, 4) is 0 Å². The largest absolute Gasteiger partial charge is 0.369 e. The molecule has 1 unspecified atom stereocenters. The number of amidine groups is 1. The molecule has 7 heteroatoms. The van der Waals surface area contributed by atoms with Crippen LogP contribution in [0.4, 0.5) is 5.69 Å². The van der Waals surface area contributed by atoms with Crippen molar-refractivity contribution in [2.45, 2.75) is 12.8 Å². The Balaban J connectivity index is 1.22. The predicted molar refractivity (Wildman–Crippen MR) is 105 cm³/mol. The predicted octanol–water partition coefficient (Wildman–Crippen LogP) is 2.14.